The zero-order chi connectivity index (χ0) is 19.5. The van der Waals surface area contributed by atoms with Crippen molar-refractivity contribution in [2.75, 3.05) is 0 Å². The van der Waals surface area contributed by atoms with Gasteiger partial charge in [-0.2, -0.15) is 5.10 Å². The molecule has 1 atom stereocenters. The molecule has 0 fully saturated rings. The molecule has 142 valence electrons. The first-order valence-electron chi connectivity index (χ1n) is 9.46. The molecule has 0 saturated carbocycles. The van der Waals surface area contributed by atoms with Crippen LogP contribution < -0.4 is 5.73 Å². The Labute approximate surface area is 163 Å². The van der Waals surface area contributed by atoms with E-state index in [-0.39, 0.29) is 12.6 Å². The molecule has 3 N–H and O–H groups in total. The molecule has 0 aliphatic heterocycles. The number of aliphatic hydroxyl groups excluding tert-OH is 1. The Morgan fingerprint density at radius 1 is 1.14 bits per heavy atom. The Morgan fingerprint density at radius 2 is 2.04 bits per heavy atom. The SMILES string of the molecule is CCC[C@H](N)c1ccnc(-c2ccc3cnn(-c4cccc(CO)n4)c3c2)c1. The van der Waals surface area contributed by atoms with Gasteiger partial charge in [0.2, 0.25) is 0 Å². The molecule has 0 aliphatic carbocycles. The van der Waals surface area contributed by atoms with Crippen molar-refractivity contribution in [2.45, 2.75) is 32.4 Å². The number of fused-ring (bicyclic) bond motifs is 1. The molecule has 0 amide bonds. The number of benzene rings is 1. The summed E-state index contributed by atoms with van der Waals surface area (Å²) in [4.78, 5) is 9.00. The summed E-state index contributed by atoms with van der Waals surface area (Å²) in [6, 6.07) is 15.7. The van der Waals surface area contributed by atoms with Gasteiger partial charge in [0, 0.05) is 23.2 Å². The van der Waals surface area contributed by atoms with E-state index in [1.54, 1.807) is 10.7 Å². The molecule has 0 bridgehead atoms. The largest absolute Gasteiger partial charge is 0.390 e. The number of nitrogens with two attached hydrogens (primary N) is 1. The second kappa shape index (κ2) is 7.88. The number of pyridine rings is 2. The van der Waals surface area contributed by atoms with E-state index in [4.69, 9.17) is 5.73 Å². The molecule has 6 heteroatoms. The van der Waals surface area contributed by atoms with Crippen molar-refractivity contribution in [3.05, 3.63) is 72.2 Å². The van der Waals surface area contributed by atoms with Gasteiger partial charge in [0.05, 0.1) is 29.7 Å². The Balaban J connectivity index is 1.77. The van der Waals surface area contributed by atoms with Gasteiger partial charge < -0.3 is 10.8 Å². The van der Waals surface area contributed by atoms with Crippen LogP contribution in [-0.2, 0) is 6.61 Å². The van der Waals surface area contributed by atoms with Crippen molar-refractivity contribution in [3.8, 4) is 17.1 Å². The average molecular weight is 373 g/mol. The molecule has 1 aromatic carbocycles. The number of rotatable bonds is 6. The summed E-state index contributed by atoms with van der Waals surface area (Å²) in [6.07, 6.45) is 5.62. The van der Waals surface area contributed by atoms with Crippen molar-refractivity contribution in [3.63, 3.8) is 0 Å². The summed E-state index contributed by atoms with van der Waals surface area (Å²) in [7, 11) is 0. The molecule has 0 spiro atoms. The zero-order valence-corrected chi connectivity index (χ0v) is 15.8. The molecule has 0 radical (unpaired) electrons. The van der Waals surface area contributed by atoms with Crippen LogP contribution in [0.4, 0.5) is 0 Å². The summed E-state index contributed by atoms with van der Waals surface area (Å²) in [5.41, 5.74) is 10.8. The van der Waals surface area contributed by atoms with Gasteiger partial charge in [-0.3, -0.25) is 4.98 Å². The molecular formula is C22H23N5O. The van der Waals surface area contributed by atoms with Crippen LogP contribution in [0.2, 0.25) is 0 Å². The molecule has 4 aromatic rings. The van der Waals surface area contributed by atoms with E-state index in [1.807, 2.05) is 42.7 Å². The first-order valence-corrected chi connectivity index (χ1v) is 9.46. The second-order valence-corrected chi connectivity index (χ2v) is 6.84. The van der Waals surface area contributed by atoms with Crippen LogP contribution in [0, 0.1) is 0 Å². The predicted octanol–water partition coefficient (Wildman–Crippen LogP) is 3.77. The molecular weight excluding hydrogens is 350 g/mol. The van der Waals surface area contributed by atoms with Gasteiger partial charge in [-0.1, -0.05) is 31.5 Å². The first-order chi connectivity index (χ1) is 13.7. The van der Waals surface area contributed by atoms with Crippen LogP contribution in [0.5, 0.6) is 0 Å². The van der Waals surface area contributed by atoms with Gasteiger partial charge in [0.15, 0.2) is 5.82 Å². The van der Waals surface area contributed by atoms with Crippen LogP contribution in [-0.4, -0.2) is 24.9 Å². The fourth-order valence-electron chi connectivity index (χ4n) is 3.35. The monoisotopic (exact) mass is 373 g/mol. The normalized spacial score (nSPS) is 12.4. The zero-order valence-electron chi connectivity index (χ0n) is 15.8. The Kier molecular flexibility index (Phi) is 5.14. The van der Waals surface area contributed by atoms with E-state index in [2.05, 4.69) is 34.1 Å². The maximum Gasteiger partial charge on any atom is 0.154 e. The third-order valence-corrected chi connectivity index (χ3v) is 4.85. The maximum absolute atomic E-state index is 9.36. The van der Waals surface area contributed by atoms with Crippen molar-refractivity contribution in [1.29, 1.82) is 0 Å². The number of hydrogen-bond donors (Lipinski definition) is 2. The van der Waals surface area contributed by atoms with Gasteiger partial charge in [-0.05, 0) is 42.3 Å². The second-order valence-electron chi connectivity index (χ2n) is 6.84. The number of aromatic nitrogens is 4. The molecule has 3 aromatic heterocycles. The lowest BCUT2D eigenvalue weighted by atomic mass is 10.0. The summed E-state index contributed by atoms with van der Waals surface area (Å²) in [5.74, 6) is 0.672. The molecule has 3 heterocycles. The van der Waals surface area contributed by atoms with E-state index in [0.29, 0.717) is 11.5 Å². The van der Waals surface area contributed by atoms with E-state index in [0.717, 1.165) is 40.6 Å². The highest BCUT2D eigenvalue weighted by Gasteiger charge is 2.11. The van der Waals surface area contributed by atoms with Gasteiger partial charge in [0.25, 0.3) is 0 Å². The highest BCUT2D eigenvalue weighted by Crippen LogP contribution is 2.26. The standard InChI is InChI=1S/C22H23N5O/c1-2-4-19(23)15-9-10-24-20(11-15)16-7-8-17-13-25-27(21(17)12-16)22-6-3-5-18(14-28)26-22/h3,5-13,19,28H,2,4,14,23H2,1H3/t19-/m0/s1. The Hall–Kier alpha value is -3.09. The molecule has 0 saturated heterocycles. The molecule has 0 aliphatic rings. The van der Waals surface area contributed by atoms with Crippen LogP contribution in [0.25, 0.3) is 28.0 Å². The van der Waals surface area contributed by atoms with Gasteiger partial charge in [0.1, 0.15) is 0 Å². The number of hydrogen-bond acceptors (Lipinski definition) is 5. The van der Waals surface area contributed by atoms with Crippen LogP contribution in [0.3, 0.4) is 0 Å². The van der Waals surface area contributed by atoms with Gasteiger partial charge in [-0.25, -0.2) is 9.67 Å². The van der Waals surface area contributed by atoms with E-state index in [9.17, 15) is 5.11 Å². The van der Waals surface area contributed by atoms with E-state index >= 15 is 0 Å². The highest BCUT2D eigenvalue weighted by molar-refractivity contribution is 5.84. The van der Waals surface area contributed by atoms with Crippen molar-refractivity contribution in [2.24, 2.45) is 5.73 Å². The lowest BCUT2D eigenvalue weighted by Gasteiger charge is -2.12. The third kappa shape index (κ3) is 3.52. The highest BCUT2D eigenvalue weighted by atomic mass is 16.3. The summed E-state index contributed by atoms with van der Waals surface area (Å²) >= 11 is 0. The molecule has 0 unspecified atom stereocenters. The van der Waals surface area contributed by atoms with Crippen molar-refractivity contribution in [1.82, 2.24) is 19.7 Å². The quantitative estimate of drug-likeness (QED) is 0.537. The number of nitrogens with zero attached hydrogens (tertiary/aromatic N) is 4. The smallest absolute Gasteiger partial charge is 0.154 e. The maximum atomic E-state index is 9.36. The topological polar surface area (TPSA) is 89.8 Å². The first kappa shape index (κ1) is 18.3. The number of aliphatic hydroxyl groups is 1. The van der Waals surface area contributed by atoms with Crippen molar-refractivity contribution >= 4 is 10.9 Å². The molecule has 6 nitrogen and oxygen atoms in total. The Bertz CT molecular complexity index is 1100. The Morgan fingerprint density at radius 3 is 2.86 bits per heavy atom. The molecule has 4 rings (SSSR count). The summed E-state index contributed by atoms with van der Waals surface area (Å²) in [5, 5.41) is 14.9. The lowest BCUT2D eigenvalue weighted by Crippen LogP contribution is -2.09. The average Bonchev–Trinajstić information content (AvgIpc) is 3.17. The van der Waals surface area contributed by atoms with E-state index < -0.39 is 0 Å². The summed E-state index contributed by atoms with van der Waals surface area (Å²) < 4.78 is 1.78. The minimum absolute atomic E-state index is 0.0198. The minimum atomic E-state index is -0.104. The van der Waals surface area contributed by atoms with Crippen LogP contribution in [0.15, 0.2) is 60.9 Å². The van der Waals surface area contributed by atoms with Gasteiger partial charge >= 0.3 is 0 Å². The van der Waals surface area contributed by atoms with Crippen LogP contribution >= 0.6 is 0 Å². The predicted molar refractivity (Wildman–Crippen MR) is 110 cm³/mol. The lowest BCUT2D eigenvalue weighted by molar-refractivity contribution is 0.276. The summed E-state index contributed by atoms with van der Waals surface area (Å²) in [6.45, 7) is 2.03. The molecule has 28 heavy (non-hydrogen) atoms. The fourth-order valence-corrected chi connectivity index (χ4v) is 3.35. The third-order valence-electron chi connectivity index (χ3n) is 4.85. The van der Waals surface area contributed by atoms with Gasteiger partial charge in [-0.15, -0.1) is 0 Å². The van der Waals surface area contributed by atoms with Crippen molar-refractivity contribution < 1.29 is 5.11 Å². The van der Waals surface area contributed by atoms with Crippen LogP contribution in [0.1, 0.15) is 37.1 Å². The fraction of sp³-hybridized carbons (Fsp3) is 0.227. The minimum Gasteiger partial charge on any atom is -0.390 e. The van der Waals surface area contributed by atoms with E-state index in [1.165, 1.54) is 0 Å².